The number of benzene rings is 1. The number of nitrogens with zero attached hydrogens (tertiary/aromatic N) is 3. The third kappa shape index (κ3) is 2.48. The van der Waals surface area contributed by atoms with Gasteiger partial charge in [-0.15, -0.1) is 11.3 Å². The highest BCUT2D eigenvalue weighted by Gasteiger charge is 2.23. The second-order valence-corrected chi connectivity index (χ2v) is 5.74. The highest BCUT2D eigenvalue weighted by molar-refractivity contribution is 7.20. The summed E-state index contributed by atoms with van der Waals surface area (Å²) in [6, 6.07) is 7.90. The third-order valence-electron chi connectivity index (χ3n) is 3.58. The number of amides is 1. The number of likely N-dealkylation sites (N-methyl/N-ethyl adjacent to an activating group) is 1. The minimum absolute atomic E-state index is 0.0805. The third-order valence-corrected chi connectivity index (χ3v) is 4.61. The predicted octanol–water partition coefficient (Wildman–Crippen LogP) is 2.07. The topological polar surface area (TPSA) is 36.4 Å². The molecular weight excluding hydrogens is 258 g/mol. The van der Waals surface area contributed by atoms with Gasteiger partial charge in [-0.1, -0.05) is 19.1 Å². The van der Waals surface area contributed by atoms with Crippen LogP contribution in [0.1, 0.15) is 16.7 Å². The fourth-order valence-electron chi connectivity index (χ4n) is 2.37. The Morgan fingerprint density at radius 3 is 2.68 bits per heavy atom. The van der Waals surface area contributed by atoms with Crippen molar-refractivity contribution in [3.63, 3.8) is 0 Å². The highest BCUT2D eigenvalue weighted by Crippen LogP contribution is 2.23. The predicted molar refractivity (Wildman–Crippen MR) is 77.6 cm³/mol. The van der Waals surface area contributed by atoms with E-state index in [1.807, 2.05) is 29.2 Å². The molecule has 0 bridgehead atoms. The molecular formula is C14H17N3OS. The largest absolute Gasteiger partial charge is 0.334 e. The molecule has 1 aromatic heterocycles. The summed E-state index contributed by atoms with van der Waals surface area (Å²) >= 11 is 1.49. The molecule has 4 nitrogen and oxygen atoms in total. The van der Waals surface area contributed by atoms with Gasteiger partial charge in [-0.25, -0.2) is 4.98 Å². The molecule has 2 heterocycles. The van der Waals surface area contributed by atoms with Crippen LogP contribution in [0.3, 0.4) is 0 Å². The van der Waals surface area contributed by atoms with E-state index < -0.39 is 0 Å². The minimum atomic E-state index is 0.0805. The molecule has 0 aliphatic carbocycles. The molecule has 2 aromatic rings. The van der Waals surface area contributed by atoms with Crippen LogP contribution in [0.25, 0.3) is 10.2 Å². The molecule has 1 amide bonds. The molecule has 0 radical (unpaired) electrons. The number of rotatable bonds is 2. The monoisotopic (exact) mass is 275 g/mol. The van der Waals surface area contributed by atoms with Gasteiger partial charge in [0.15, 0.2) is 5.01 Å². The fourth-order valence-corrected chi connectivity index (χ4v) is 3.30. The Bertz CT molecular complexity index is 554. The second-order valence-electron chi connectivity index (χ2n) is 4.71. The number of aromatic nitrogens is 1. The highest BCUT2D eigenvalue weighted by atomic mass is 32.1. The van der Waals surface area contributed by atoms with Crippen LogP contribution in [0.15, 0.2) is 24.3 Å². The van der Waals surface area contributed by atoms with Gasteiger partial charge in [0.25, 0.3) is 5.91 Å². The Hall–Kier alpha value is -1.46. The van der Waals surface area contributed by atoms with Gasteiger partial charge in [0.2, 0.25) is 0 Å². The van der Waals surface area contributed by atoms with E-state index in [-0.39, 0.29) is 5.91 Å². The first kappa shape index (κ1) is 12.6. The number of hydrogen-bond acceptors (Lipinski definition) is 4. The van der Waals surface area contributed by atoms with Crippen LogP contribution in [0.5, 0.6) is 0 Å². The van der Waals surface area contributed by atoms with E-state index >= 15 is 0 Å². The normalized spacial score (nSPS) is 17.0. The molecule has 1 aliphatic heterocycles. The Morgan fingerprint density at radius 2 is 2.00 bits per heavy atom. The van der Waals surface area contributed by atoms with Gasteiger partial charge < -0.3 is 9.80 Å². The van der Waals surface area contributed by atoms with Crippen molar-refractivity contribution in [2.45, 2.75) is 6.92 Å². The van der Waals surface area contributed by atoms with Crippen LogP contribution >= 0.6 is 11.3 Å². The van der Waals surface area contributed by atoms with Crippen molar-refractivity contribution in [2.24, 2.45) is 0 Å². The number of fused-ring (bicyclic) bond motifs is 1. The van der Waals surface area contributed by atoms with Crippen molar-refractivity contribution in [2.75, 3.05) is 32.7 Å². The number of hydrogen-bond donors (Lipinski definition) is 0. The maximum atomic E-state index is 12.4. The van der Waals surface area contributed by atoms with Gasteiger partial charge in [-0.3, -0.25) is 4.79 Å². The van der Waals surface area contributed by atoms with E-state index in [0.717, 1.165) is 42.9 Å². The van der Waals surface area contributed by atoms with Gasteiger partial charge >= 0.3 is 0 Å². The lowest BCUT2D eigenvalue weighted by molar-refractivity contribution is 0.0643. The molecule has 19 heavy (non-hydrogen) atoms. The zero-order valence-electron chi connectivity index (χ0n) is 11.0. The average Bonchev–Trinajstić information content (AvgIpc) is 2.90. The van der Waals surface area contributed by atoms with Crippen LogP contribution in [-0.4, -0.2) is 53.4 Å². The number of piperazine rings is 1. The molecule has 1 fully saturated rings. The van der Waals surface area contributed by atoms with Crippen LogP contribution in [0.2, 0.25) is 0 Å². The van der Waals surface area contributed by atoms with E-state index in [0.29, 0.717) is 5.01 Å². The molecule has 0 spiro atoms. The first-order chi connectivity index (χ1) is 9.28. The summed E-state index contributed by atoms with van der Waals surface area (Å²) in [7, 11) is 0. The van der Waals surface area contributed by atoms with Gasteiger partial charge in [0.05, 0.1) is 10.2 Å². The Morgan fingerprint density at radius 1 is 1.26 bits per heavy atom. The van der Waals surface area contributed by atoms with Crippen LogP contribution in [-0.2, 0) is 0 Å². The summed E-state index contributed by atoms with van der Waals surface area (Å²) in [5.74, 6) is 0.0805. The first-order valence-electron chi connectivity index (χ1n) is 6.65. The molecule has 1 aliphatic rings. The molecule has 5 heteroatoms. The lowest BCUT2D eigenvalue weighted by atomic mass is 10.3. The van der Waals surface area contributed by atoms with E-state index in [4.69, 9.17) is 0 Å². The number of carbonyl (C=O) groups is 1. The Kier molecular flexibility index (Phi) is 3.48. The van der Waals surface area contributed by atoms with Gasteiger partial charge in [-0.05, 0) is 18.7 Å². The maximum Gasteiger partial charge on any atom is 0.282 e. The van der Waals surface area contributed by atoms with Gasteiger partial charge in [-0.2, -0.15) is 0 Å². The van der Waals surface area contributed by atoms with Crippen molar-refractivity contribution in [1.82, 2.24) is 14.8 Å². The van der Waals surface area contributed by atoms with Crippen molar-refractivity contribution in [3.05, 3.63) is 29.3 Å². The molecule has 100 valence electrons. The van der Waals surface area contributed by atoms with Crippen LogP contribution < -0.4 is 0 Å². The molecule has 1 aromatic carbocycles. The summed E-state index contributed by atoms with van der Waals surface area (Å²) in [6.45, 7) is 6.76. The average molecular weight is 275 g/mol. The zero-order valence-corrected chi connectivity index (χ0v) is 11.8. The van der Waals surface area contributed by atoms with E-state index in [1.54, 1.807) is 0 Å². The first-order valence-corrected chi connectivity index (χ1v) is 7.47. The van der Waals surface area contributed by atoms with Crippen molar-refractivity contribution in [3.8, 4) is 0 Å². The number of carbonyl (C=O) groups excluding carboxylic acids is 1. The standard InChI is InChI=1S/C14H17N3OS/c1-2-16-7-9-17(10-8-16)14(18)13-15-11-5-3-4-6-12(11)19-13/h3-6H,2,7-10H2,1H3. The van der Waals surface area contributed by atoms with E-state index in [9.17, 15) is 4.79 Å². The fraction of sp³-hybridized carbons (Fsp3) is 0.429. The molecule has 3 rings (SSSR count). The molecule has 0 N–H and O–H groups in total. The minimum Gasteiger partial charge on any atom is -0.334 e. The van der Waals surface area contributed by atoms with Crippen LogP contribution in [0, 0.1) is 0 Å². The zero-order chi connectivity index (χ0) is 13.2. The van der Waals surface area contributed by atoms with Crippen molar-refractivity contribution < 1.29 is 4.79 Å². The second kappa shape index (κ2) is 5.27. The summed E-state index contributed by atoms with van der Waals surface area (Å²) in [5.41, 5.74) is 0.919. The summed E-state index contributed by atoms with van der Waals surface area (Å²) < 4.78 is 1.08. The number of para-hydroxylation sites is 1. The SMILES string of the molecule is CCN1CCN(C(=O)c2nc3ccccc3s2)CC1. The summed E-state index contributed by atoms with van der Waals surface area (Å²) in [6.07, 6.45) is 0. The number of thiazole rings is 1. The molecule has 1 saturated heterocycles. The quantitative estimate of drug-likeness (QED) is 0.842. The van der Waals surface area contributed by atoms with Crippen molar-refractivity contribution >= 4 is 27.5 Å². The van der Waals surface area contributed by atoms with Crippen LogP contribution in [0.4, 0.5) is 0 Å². The Balaban J connectivity index is 1.77. The van der Waals surface area contributed by atoms with Gasteiger partial charge in [0, 0.05) is 26.2 Å². The molecule has 0 saturated carbocycles. The van der Waals surface area contributed by atoms with Gasteiger partial charge in [0.1, 0.15) is 0 Å². The van der Waals surface area contributed by atoms with Crippen molar-refractivity contribution in [1.29, 1.82) is 0 Å². The summed E-state index contributed by atoms with van der Waals surface area (Å²) in [4.78, 5) is 21.1. The van der Waals surface area contributed by atoms with E-state index in [1.165, 1.54) is 11.3 Å². The maximum absolute atomic E-state index is 12.4. The molecule has 0 unspecified atom stereocenters. The smallest absolute Gasteiger partial charge is 0.282 e. The lowest BCUT2D eigenvalue weighted by Crippen LogP contribution is -2.48. The Labute approximate surface area is 116 Å². The molecule has 0 atom stereocenters. The lowest BCUT2D eigenvalue weighted by Gasteiger charge is -2.33. The van der Waals surface area contributed by atoms with E-state index in [2.05, 4.69) is 16.8 Å². The summed E-state index contributed by atoms with van der Waals surface area (Å²) in [5, 5.41) is 0.617.